The van der Waals surface area contributed by atoms with Crippen molar-refractivity contribution in [1.82, 2.24) is 0 Å². The van der Waals surface area contributed by atoms with E-state index in [9.17, 15) is 0 Å². The monoisotopic (exact) mass is 125 g/mol. The number of ether oxygens (including phenoxy) is 2. The van der Waals surface area contributed by atoms with E-state index in [1.807, 2.05) is 0 Å². The first-order valence-electron chi connectivity index (χ1n) is 2.66. The molecule has 0 aromatic carbocycles. The van der Waals surface area contributed by atoms with Crippen molar-refractivity contribution < 1.29 is 9.47 Å². The normalized spacial score (nSPS) is 22.3. The SMILES string of the molecule is C=C(C#N)OCC1CO1. The van der Waals surface area contributed by atoms with Crippen molar-refractivity contribution in [2.24, 2.45) is 0 Å². The zero-order chi connectivity index (χ0) is 6.69. The van der Waals surface area contributed by atoms with Gasteiger partial charge in [0.1, 0.15) is 18.8 Å². The lowest BCUT2D eigenvalue weighted by atomic mass is 10.5. The van der Waals surface area contributed by atoms with Gasteiger partial charge in [0, 0.05) is 0 Å². The Hall–Kier alpha value is -1.01. The first-order chi connectivity index (χ1) is 4.33. The molecule has 1 aliphatic heterocycles. The van der Waals surface area contributed by atoms with E-state index in [0.29, 0.717) is 6.61 Å². The lowest BCUT2D eigenvalue weighted by Crippen LogP contribution is -1.98. The molecule has 0 spiro atoms. The van der Waals surface area contributed by atoms with Gasteiger partial charge in [-0.2, -0.15) is 5.26 Å². The number of nitriles is 1. The highest BCUT2D eigenvalue weighted by molar-refractivity contribution is 5.07. The Morgan fingerprint density at radius 3 is 3.11 bits per heavy atom. The van der Waals surface area contributed by atoms with Gasteiger partial charge in [0.25, 0.3) is 0 Å². The highest BCUT2D eigenvalue weighted by Crippen LogP contribution is 2.09. The average Bonchev–Trinajstić information content (AvgIpc) is 2.65. The van der Waals surface area contributed by atoms with Gasteiger partial charge in [-0.15, -0.1) is 0 Å². The van der Waals surface area contributed by atoms with Crippen LogP contribution in [-0.2, 0) is 9.47 Å². The van der Waals surface area contributed by atoms with Crippen LogP contribution in [0.15, 0.2) is 12.3 Å². The van der Waals surface area contributed by atoms with Crippen molar-refractivity contribution in [3.05, 3.63) is 12.3 Å². The minimum Gasteiger partial charge on any atom is -0.481 e. The smallest absolute Gasteiger partial charge is 0.189 e. The van der Waals surface area contributed by atoms with Crippen LogP contribution in [0.4, 0.5) is 0 Å². The van der Waals surface area contributed by atoms with E-state index in [1.165, 1.54) is 0 Å². The molecule has 0 radical (unpaired) electrons. The van der Waals surface area contributed by atoms with E-state index < -0.39 is 0 Å². The third-order valence-electron chi connectivity index (χ3n) is 0.971. The van der Waals surface area contributed by atoms with Gasteiger partial charge < -0.3 is 9.47 Å². The summed E-state index contributed by atoms with van der Waals surface area (Å²) in [5.74, 6) is 0.158. The summed E-state index contributed by atoms with van der Waals surface area (Å²) in [5.41, 5.74) is 0. The average molecular weight is 125 g/mol. The van der Waals surface area contributed by atoms with Crippen LogP contribution in [0.1, 0.15) is 0 Å². The van der Waals surface area contributed by atoms with E-state index in [4.69, 9.17) is 14.7 Å². The Labute approximate surface area is 53.5 Å². The molecule has 0 amide bonds. The molecule has 48 valence electrons. The van der Waals surface area contributed by atoms with Crippen molar-refractivity contribution in [3.8, 4) is 6.07 Å². The summed E-state index contributed by atoms with van der Waals surface area (Å²) in [4.78, 5) is 0. The molecule has 0 saturated carbocycles. The molecule has 1 unspecified atom stereocenters. The maximum absolute atomic E-state index is 8.15. The van der Waals surface area contributed by atoms with Gasteiger partial charge in [0.15, 0.2) is 5.76 Å². The predicted octanol–water partition coefficient (Wildman–Crippen LogP) is 0.439. The topological polar surface area (TPSA) is 45.5 Å². The van der Waals surface area contributed by atoms with Crippen LogP contribution < -0.4 is 0 Å². The van der Waals surface area contributed by atoms with E-state index in [0.717, 1.165) is 6.61 Å². The predicted molar refractivity (Wildman–Crippen MR) is 30.4 cm³/mol. The van der Waals surface area contributed by atoms with Crippen LogP contribution in [0.5, 0.6) is 0 Å². The van der Waals surface area contributed by atoms with E-state index in [2.05, 4.69) is 6.58 Å². The van der Waals surface area contributed by atoms with E-state index in [1.54, 1.807) is 6.07 Å². The zero-order valence-corrected chi connectivity index (χ0v) is 4.96. The number of epoxide rings is 1. The number of nitrogens with zero attached hydrogens (tertiary/aromatic N) is 1. The minimum atomic E-state index is 0.158. The Morgan fingerprint density at radius 1 is 2.00 bits per heavy atom. The van der Waals surface area contributed by atoms with Gasteiger partial charge in [-0.1, -0.05) is 0 Å². The van der Waals surface area contributed by atoms with E-state index >= 15 is 0 Å². The molecule has 0 bridgehead atoms. The fraction of sp³-hybridized carbons (Fsp3) is 0.500. The molecule has 1 fully saturated rings. The molecule has 0 N–H and O–H groups in total. The summed E-state index contributed by atoms with van der Waals surface area (Å²) in [7, 11) is 0. The third kappa shape index (κ3) is 2.15. The summed E-state index contributed by atoms with van der Waals surface area (Å²) in [5, 5.41) is 8.15. The maximum atomic E-state index is 8.15. The van der Waals surface area contributed by atoms with Gasteiger partial charge in [0.2, 0.25) is 0 Å². The Bertz CT molecular complexity index is 155. The summed E-state index contributed by atoms with van der Waals surface area (Å²) in [6.45, 7) is 4.55. The fourth-order valence-electron chi connectivity index (χ4n) is 0.390. The van der Waals surface area contributed by atoms with Crippen LogP contribution in [0.25, 0.3) is 0 Å². The van der Waals surface area contributed by atoms with Gasteiger partial charge in [-0.25, -0.2) is 0 Å². The number of allylic oxidation sites excluding steroid dienone is 1. The Balaban J connectivity index is 2.04. The van der Waals surface area contributed by atoms with Gasteiger partial charge >= 0.3 is 0 Å². The van der Waals surface area contributed by atoms with Crippen LogP contribution in [0.2, 0.25) is 0 Å². The molecule has 0 aliphatic carbocycles. The molecule has 1 saturated heterocycles. The molecule has 0 aromatic heterocycles. The van der Waals surface area contributed by atoms with Crippen molar-refractivity contribution in [3.63, 3.8) is 0 Å². The van der Waals surface area contributed by atoms with Crippen molar-refractivity contribution in [2.75, 3.05) is 13.2 Å². The summed E-state index contributed by atoms with van der Waals surface area (Å²) < 4.78 is 9.66. The largest absolute Gasteiger partial charge is 0.481 e. The molecule has 0 aromatic rings. The lowest BCUT2D eigenvalue weighted by molar-refractivity contribution is 0.196. The Kier molecular flexibility index (Phi) is 1.71. The summed E-state index contributed by atoms with van der Waals surface area (Å²) in [6, 6.07) is 1.78. The third-order valence-corrected chi connectivity index (χ3v) is 0.971. The molecule has 3 heteroatoms. The molecule has 1 aliphatic rings. The molecule has 3 nitrogen and oxygen atoms in total. The number of hydrogen-bond donors (Lipinski definition) is 0. The van der Waals surface area contributed by atoms with Gasteiger partial charge in [-0.05, 0) is 6.58 Å². The highest BCUT2D eigenvalue weighted by atomic mass is 16.6. The maximum Gasteiger partial charge on any atom is 0.189 e. The van der Waals surface area contributed by atoms with Crippen LogP contribution in [-0.4, -0.2) is 19.3 Å². The first kappa shape index (κ1) is 6.12. The highest BCUT2D eigenvalue weighted by Gasteiger charge is 2.22. The molecule has 1 heterocycles. The zero-order valence-electron chi connectivity index (χ0n) is 4.96. The standard InChI is InChI=1S/C6H7NO2/c1-5(2-7)8-3-6-4-9-6/h6H,1,3-4H2. The van der Waals surface area contributed by atoms with Crippen molar-refractivity contribution in [1.29, 1.82) is 5.26 Å². The van der Waals surface area contributed by atoms with Crippen LogP contribution in [0.3, 0.4) is 0 Å². The lowest BCUT2D eigenvalue weighted by Gasteiger charge is -1.96. The van der Waals surface area contributed by atoms with Crippen LogP contribution in [0, 0.1) is 11.3 Å². The Morgan fingerprint density at radius 2 is 2.67 bits per heavy atom. The second-order valence-corrected chi connectivity index (χ2v) is 1.80. The van der Waals surface area contributed by atoms with Crippen molar-refractivity contribution in [2.45, 2.75) is 6.10 Å². The molecular weight excluding hydrogens is 118 g/mol. The molecule has 1 rings (SSSR count). The quantitative estimate of drug-likeness (QED) is 0.312. The van der Waals surface area contributed by atoms with Gasteiger partial charge in [-0.3, -0.25) is 0 Å². The molecule has 9 heavy (non-hydrogen) atoms. The number of hydrogen-bond acceptors (Lipinski definition) is 3. The first-order valence-corrected chi connectivity index (χ1v) is 2.66. The fourth-order valence-corrected chi connectivity index (χ4v) is 0.390. The van der Waals surface area contributed by atoms with E-state index in [-0.39, 0.29) is 11.9 Å². The number of rotatable bonds is 3. The van der Waals surface area contributed by atoms with Gasteiger partial charge in [0.05, 0.1) is 6.61 Å². The molecule has 1 atom stereocenters. The second kappa shape index (κ2) is 2.51. The van der Waals surface area contributed by atoms with Crippen molar-refractivity contribution >= 4 is 0 Å². The second-order valence-electron chi connectivity index (χ2n) is 1.80. The minimum absolute atomic E-state index is 0.158. The summed E-state index contributed by atoms with van der Waals surface area (Å²) >= 11 is 0. The van der Waals surface area contributed by atoms with Crippen LogP contribution >= 0.6 is 0 Å². The summed E-state index contributed by atoms with van der Waals surface area (Å²) in [6.07, 6.45) is 0.204. The molecular formula is C6H7NO2.